The van der Waals surface area contributed by atoms with Gasteiger partial charge in [-0.15, -0.1) is 0 Å². The number of nitrogens with one attached hydrogen (secondary N) is 3. The Hall–Kier alpha value is -3.90. The van der Waals surface area contributed by atoms with Crippen LogP contribution >= 0.6 is 0 Å². The molecule has 3 N–H and O–H groups in total. The number of carbonyl (C=O) groups excluding carboxylic acids is 1. The van der Waals surface area contributed by atoms with Crippen LogP contribution in [0, 0.1) is 6.92 Å². The van der Waals surface area contributed by atoms with Crippen molar-refractivity contribution in [1.82, 2.24) is 19.6 Å². The first-order valence-corrected chi connectivity index (χ1v) is 15.4. The lowest BCUT2D eigenvalue weighted by molar-refractivity contribution is 0.0240. The number of sulfonamides is 1. The number of rotatable bonds is 7. The van der Waals surface area contributed by atoms with Gasteiger partial charge in [-0.3, -0.25) is 0 Å². The second kappa shape index (κ2) is 12.1. The lowest BCUT2D eigenvalue weighted by atomic mass is 10.1. The Labute approximate surface area is 248 Å². The SMILES string of the molecule is Cc1cnc(Nc2ccc(N3CCN(C(=O)OC(C)(C)C)CC3)cc2)nc1Nc1cccc(S(=O)(=O)NC(C)(C)C)c1. The second-order valence-corrected chi connectivity index (χ2v) is 14.0. The number of nitrogens with zero attached hydrogens (tertiary/aromatic N) is 4. The summed E-state index contributed by atoms with van der Waals surface area (Å²) in [7, 11) is -3.68. The van der Waals surface area contributed by atoms with Gasteiger partial charge >= 0.3 is 6.09 Å². The summed E-state index contributed by atoms with van der Waals surface area (Å²) in [5, 5.41) is 6.46. The van der Waals surface area contributed by atoms with E-state index in [-0.39, 0.29) is 11.0 Å². The molecule has 1 fully saturated rings. The van der Waals surface area contributed by atoms with Crippen LogP contribution in [-0.4, -0.2) is 66.7 Å². The van der Waals surface area contributed by atoms with Crippen molar-refractivity contribution in [2.75, 3.05) is 41.7 Å². The van der Waals surface area contributed by atoms with Crippen molar-refractivity contribution in [3.05, 3.63) is 60.3 Å². The third kappa shape index (κ3) is 8.56. The highest BCUT2D eigenvalue weighted by Gasteiger charge is 2.26. The molecule has 42 heavy (non-hydrogen) atoms. The highest BCUT2D eigenvalue weighted by atomic mass is 32.2. The van der Waals surface area contributed by atoms with Crippen LogP contribution in [0.4, 0.5) is 33.6 Å². The number of hydrogen-bond acceptors (Lipinski definition) is 9. The topological polar surface area (TPSA) is 129 Å². The smallest absolute Gasteiger partial charge is 0.410 e. The number of aromatic nitrogens is 2. The van der Waals surface area contributed by atoms with Crippen LogP contribution < -0.4 is 20.3 Å². The molecule has 1 aromatic heterocycles. The summed E-state index contributed by atoms with van der Waals surface area (Å²) in [5.41, 5.74) is 2.18. The number of aryl methyl sites for hydroxylation is 1. The van der Waals surface area contributed by atoms with Crippen LogP contribution in [0.15, 0.2) is 59.6 Å². The van der Waals surface area contributed by atoms with Gasteiger partial charge in [-0.2, -0.15) is 4.98 Å². The zero-order valence-corrected chi connectivity index (χ0v) is 26.2. The third-order valence-corrected chi connectivity index (χ3v) is 7.99. The predicted molar refractivity (Wildman–Crippen MR) is 166 cm³/mol. The first-order chi connectivity index (χ1) is 19.6. The normalized spacial score (nSPS) is 14.5. The summed E-state index contributed by atoms with van der Waals surface area (Å²) in [4.78, 5) is 25.5. The van der Waals surface area contributed by atoms with Crippen molar-refractivity contribution in [2.45, 2.75) is 64.5 Å². The predicted octanol–water partition coefficient (Wildman–Crippen LogP) is 5.41. The molecule has 226 valence electrons. The number of carbonyl (C=O) groups is 1. The summed E-state index contributed by atoms with van der Waals surface area (Å²) in [6.07, 6.45) is 1.43. The zero-order chi connectivity index (χ0) is 30.7. The van der Waals surface area contributed by atoms with E-state index in [1.54, 1.807) is 56.1 Å². The average Bonchev–Trinajstić information content (AvgIpc) is 2.89. The summed E-state index contributed by atoms with van der Waals surface area (Å²) in [6, 6.07) is 14.6. The minimum Gasteiger partial charge on any atom is -0.444 e. The number of ether oxygens (including phenoxy) is 1. The van der Waals surface area contributed by atoms with Gasteiger partial charge in [-0.25, -0.2) is 22.9 Å². The fourth-order valence-electron chi connectivity index (χ4n) is 4.33. The molecule has 12 heteroatoms. The first-order valence-electron chi connectivity index (χ1n) is 13.9. The Morgan fingerprint density at radius 2 is 1.57 bits per heavy atom. The molecular formula is C30H41N7O4S. The Kier molecular flexibility index (Phi) is 8.98. The number of amides is 1. The van der Waals surface area contributed by atoms with E-state index in [1.807, 2.05) is 52.0 Å². The minimum absolute atomic E-state index is 0.166. The van der Waals surface area contributed by atoms with Crippen LogP contribution in [0.2, 0.25) is 0 Å². The van der Waals surface area contributed by atoms with E-state index in [1.165, 1.54) is 0 Å². The van der Waals surface area contributed by atoms with Crippen molar-refractivity contribution in [3.8, 4) is 0 Å². The maximum absolute atomic E-state index is 12.8. The first kappa shape index (κ1) is 31.0. The standard InChI is InChI=1S/C30H41N7O4S/c1-21-20-31-27(34-26(21)32-23-9-8-10-25(19-23)42(39,40)35-29(2,3)4)33-22-11-13-24(14-12-22)36-15-17-37(18-16-36)28(38)41-30(5,6)7/h8-14,19-20,35H,15-18H2,1-7H3,(H2,31,32,33,34). The van der Waals surface area contributed by atoms with Gasteiger partial charge in [0.2, 0.25) is 16.0 Å². The molecule has 0 unspecified atom stereocenters. The summed E-state index contributed by atoms with van der Waals surface area (Å²) < 4.78 is 33.7. The van der Waals surface area contributed by atoms with E-state index in [0.29, 0.717) is 30.5 Å². The van der Waals surface area contributed by atoms with Crippen LogP contribution in [0.1, 0.15) is 47.1 Å². The largest absolute Gasteiger partial charge is 0.444 e. The third-order valence-electron chi connectivity index (χ3n) is 6.24. The van der Waals surface area contributed by atoms with Gasteiger partial charge in [-0.1, -0.05) is 6.07 Å². The number of piperazine rings is 1. The van der Waals surface area contributed by atoms with Crippen LogP contribution in [0.25, 0.3) is 0 Å². The molecule has 0 spiro atoms. The fraction of sp³-hybridized carbons (Fsp3) is 0.433. The quantitative estimate of drug-likeness (QED) is 0.329. The molecule has 11 nitrogen and oxygen atoms in total. The highest BCUT2D eigenvalue weighted by Crippen LogP contribution is 2.25. The minimum atomic E-state index is -3.68. The van der Waals surface area contributed by atoms with Crippen molar-refractivity contribution >= 4 is 44.9 Å². The molecule has 1 amide bonds. The van der Waals surface area contributed by atoms with Gasteiger partial charge in [0.25, 0.3) is 0 Å². The van der Waals surface area contributed by atoms with Crippen LogP contribution in [0.3, 0.4) is 0 Å². The molecule has 1 aliphatic heterocycles. The number of anilines is 5. The molecule has 0 aliphatic carbocycles. The van der Waals surface area contributed by atoms with Gasteiger partial charge in [0.05, 0.1) is 4.90 Å². The van der Waals surface area contributed by atoms with E-state index in [9.17, 15) is 13.2 Å². The van der Waals surface area contributed by atoms with E-state index < -0.39 is 21.2 Å². The van der Waals surface area contributed by atoms with Crippen molar-refractivity contribution in [2.24, 2.45) is 0 Å². The lowest BCUT2D eigenvalue weighted by Gasteiger charge is -2.36. The number of benzene rings is 2. The molecule has 3 aromatic rings. The summed E-state index contributed by atoms with van der Waals surface area (Å²) in [6.45, 7) is 15.5. The van der Waals surface area contributed by atoms with Gasteiger partial charge < -0.3 is 25.2 Å². The monoisotopic (exact) mass is 595 g/mol. The Morgan fingerprint density at radius 1 is 0.905 bits per heavy atom. The molecular weight excluding hydrogens is 554 g/mol. The molecule has 2 aromatic carbocycles. The summed E-state index contributed by atoms with van der Waals surface area (Å²) >= 11 is 0. The lowest BCUT2D eigenvalue weighted by Crippen LogP contribution is -2.50. The fourth-order valence-corrected chi connectivity index (χ4v) is 5.79. The van der Waals surface area contributed by atoms with E-state index >= 15 is 0 Å². The summed E-state index contributed by atoms with van der Waals surface area (Å²) in [5.74, 6) is 0.963. The maximum atomic E-state index is 12.8. The average molecular weight is 596 g/mol. The van der Waals surface area contributed by atoms with Crippen molar-refractivity contribution in [3.63, 3.8) is 0 Å². The molecule has 0 atom stereocenters. The Morgan fingerprint density at radius 3 is 2.19 bits per heavy atom. The van der Waals surface area contributed by atoms with Gasteiger partial charge in [0, 0.05) is 60.5 Å². The molecule has 1 saturated heterocycles. The van der Waals surface area contributed by atoms with Crippen molar-refractivity contribution < 1.29 is 17.9 Å². The molecule has 4 rings (SSSR count). The Bertz CT molecular complexity index is 1510. The van der Waals surface area contributed by atoms with E-state index in [0.717, 1.165) is 30.0 Å². The molecule has 0 radical (unpaired) electrons. The molecule has 0 bridgehead atoms. The Balaban J connectivity index is 1.39. The van der Waals surface area contributed by atoms with Crippen LogP contribution in [0.5, 0.6) is 0 Å². The van der Waals surface area contributed by atoms with Gasteiger partial charge in [0.15, 0.2) is 0 Å². The number of hydrogen-bond donors (Lipinski definition) is 3. The van der Waals surface area contributed by atoms with Crippen molar-refractivity contribution in [1.29, 1.82) is 0 Å². The zero-order valence-electron chi connectivity index (χ0n) is 25.4. The highest BCUT2D eigenvalue weighted by molar-refractivity contribution is 7.89. The van der Waals surface area contributed by atoms with Gasteiger partial charge in [0.1, 0.15) is 11.4 Å². The maximum Gasteiger partial charge on any atom is 0.410 e. The van der Waals surface area contributed by atoms with E-state index in [4.69, 9.17) is 4.74 Å². The molecule has 0 saturated carbocycles. The molecule has 1 aliphatic rings. The second-order valence-electron chi connectivity index (χ2n) is 12.4. The van der Waals surface area contributed by atoms with E-state index in [2.05, 4.69) is 30.2 Å². The van der Waals surface area contributed by atoms with Gasteiger partial charge in [-0.05, 0) is 90.9 Å². The van der Waals surface area contributed by atoms with Crippen LogP contribution in [-0.2, 0) is 14.8 Å². The molecule has 2 heterocycles.